The summed E-state index contributed by atoms with van der Waals surface area (Å²) in [5.74, 6) is -0.565. The maximum Gasteiger partial charge on any atom is 0.330 e. The van der Waals surface area contributed by atoms with Gasteiger partial charge in [0.05, 0.1) is 6.61 Å². The highest BCUT2D eigenvalue weighted by Gasteiger charge is 2.24. The van der Waals surface area contributed by atoms with Gasteiger partial charge < -0.3 is 15.2 Å². The molecule has 0 spiro atoms. The Morgan fingerprint density at radius 3 is 2.69 bits per heavy atom. The number of rotatable bonds is 7. The quantitative estimate of drug-likeness (QED) is 0.778. The van der Waals surface area contributed by atoms with Crippen LogP contribution in [0.3, 0.4) is 0 Å². The third-order valence-corrected chi connectivity index (χ3v) is 4.63. The van der Waals surface area contributed by atoms with Gasteiger partial charge in [-0.05, 0) is 53.8 Å². The first-order chi connectivity index (χ1) is 12.5. The Kier molecular flexibility index (Phi) is 5.78. The first-order valence-corrected chi connectivity index (χ1v) is 8.93. The molecule has 0 aliphatic carbocycles. The number of ether oxygens (including phenoxy) is 1. The number of hydrogen-bond donors (Lipinski definition) is 2. The van der Waals surface area contributed by atoms with Crippen molar-refractivity contribution in [1.82, 2.24) is 5.32 Å². The van der Waals surface area contributed by atoms with Crippen LogP contribution in [0.15, 0.2) is 42.5 Å². The molecule has 5 nitrogen and oxygen atoms in total. The number of carboxylic acid groups (broad SMARTS) is 1. The molecule has 1 heterocycles. The number of carbonyl (C=O) groups excluding carboxylic acids is 1. The predicted molar refractivity (Wildman–Crippen MR) is 98.6 cm³/mol. The lowest BCUT2D eigenvalue weighted by atomic mass is 10.0. The van der Waals surface area contributed by atoms with E-state index in [4.69, 9.17) is 16.3 Å². The summed E-state index contributed by atoms with van der Waals surface area (Å²) in [4.78, 5) is 23.8. The molecule has 0 saturated heterocycles. The van der Waals surface area contributed by atoms with Gasteiger partial charge in [0.15, 0.2) is 6.04 Å². The maximum atomic E-state index is 12.2. The summed E-state index contributed by atoms with van der Waals surface area (Å²) in [6, 6.07) is 11.7. The van der Waals surface area contributed by atoms with E-state index in [0.717, 1.165) is 29.7 Å². The van der Waals surface area contributed by atoms with E-state index in [1.807, 2.05) is 24.3 Å². The van der Waals surface area contributed by atoms with Crippen LogP contribution in [0.5, 0.6) is 5.75 Å². The van der Waals surface area contributed by atoms with Gasteiger partial charge in [-0.25, -0.2) is 4.79 Å². The monoisotopic (exact) mass is 373 g/mol. The van der Waals surface area contributed by atoms with Crippen molar-refractivity contribution < 1.29 is 19.4 Å². The van der Waals surface area contributed by atoms with Gasteiger partial charge in [-0.3, -0.25) is 4.79 Å². The lowest BCUT2D eigenvalue weighted by molar-refractivity contribution is -0.142. The molecule has 1 aliphatic heterocycles. The summed E-state index contributed by atoms with van der Waals surface area (Å²) in [5.41, 5.74) is 2.63. The van der Waals surface area contributed by atoms with E-state index in [1.165, 1.54) is 0 Å². The SMILES string of the molecule is O=C(CCCc1ccc(Cl)cc1)NC(C(=O)O)c1ccc2c(c1)CCO2. The van der Waals surface area contributed by atoms with E-state index >= 15 is 0 Å². The Morgan fingerprint density at radius 1 is 1.19 bits per heavy atom. The Balaban J connectivity index is 1.56. The van der Waals surface area contributed by atoms with Gasteiger partial charge in [0, 0.05) is 17.9 Å². The van der Waals surface area contributed by atoms with Gasteiger partial charge >= 0.3 is 5.97 Å². The average molecular weight is 374 g/mol. The molecule has 0 bridgehead atoms. The summed E-state index contributed by atoms with van der Waals surface area (Å²) in [5, 5.41) is 12.8. The second-order valence-electron chi connectivity index (χ2n) is 6.28. The summed E-state index contributed by atoms with van der Waals surface area (Å²) in [6.07, 6.45) is 2.39. The minimum Gasteiger partial charge on any atom is -0.493 e. The summed E-state index contributed by atoms with van der Waals surface area (Å²) < 4.78 is 5.43. The van der Waals surface area contributed by atoms with Crippen LogP contribution in [0.25, 0.3) is 0 Å². The maximum absolute atomic E-state index is 12.2. The molecule has 1 unspecified atom stereocenters. The molecular weight excluding hydrogens is 354 g/mol. The summed E-state index contributed by atoms with van der Waals surface area (Å²) in [7, 11) is 0. The minimum atomic E-state index is -1.07. The van der Waals surface area contributed by atoms with Crippen LogP contribution < -0.4 is 10.1 Å². The number of hydrogen-bond acceptors (Lipinski definition) is 3. The Bertz CT molecular complexity index is 804. The number of fused-ring (bicyclic) bond motifs is 1. The van der Waals surface area contributed by atoms with Crippen molar-refractivity contribution in [2.24, 2.45) is 0 Å². The van der Waals surface area contributed by atoms with E-state index in [2.05, 4.69) is 5.32 Å². The first-order valence-electron chi connectivity index (χ1n) is 8.55. The van der Waals surface area contributed by atoms with Crippen LogP contribution in [0.1, 0.15) is 35.6 Å². The molecule has 0 saturated carbocycles. The molecule has 136 valence electrons. The average Bonchev–Trinajstić information content (AvgIpc) is 3.09. The van der Waals surface area contributed by atoms with Gasteiger partial charge in [-0.1, -0.05) is 29.8 Å². The fourth-order valence-corrected chi connectivity index (χ4v) is 3.14. The van der Waals surface area contributed by atoms with Gasteiger partial charge in [-0.15, -0.1) is 0 Å². The van der Waals surface area contributed by atoms with Crippen molar-refractivity contribution in [3.63, 3.8) is 0 Å². The first kappa shape index (κ1) is 18.3. The van der Waals surface area contributed by atoms with Gasteiger partial charge in [0.25, 0.3) is 0 Å². The summed E-state index contributed by atoms with van der Waals surface area (Å²) >= 11 is 5.85. The molecule has 6 heteroatoms. The fraction of sp³-hybridized carbons (Fsp3) is 0.300. The smallest absolute Gasteiger partial charge is 0.330 e. The molecule has 26 heavy (non-hydrogen) atoms. The molecule has 0 fully saturated rings. The number of carboxylic acids is 1. The molecule has 0 aromatic heterocycles. The van der Waals surface area contributed by atoms with Crippen molar-refractivity contribution >= 4 is 23.5 Å². The number of benzene rings is 2. The van der Waals surface area contributed by atoms with Crippen molar-refractivity contribution in [2.45, 2.75) is 31.7 Å². The minimum absolute atomic E-state index is 0.264. The number of amides is 1. The molecule has 0 radical (unpaired) electrons. The van der Waals surface area contributed by atoms with Crippen LogP contribution in [-0.4, -0.2) is 23.6 Å². The highest BCUT2D eigenvalue weighted by molar-refractivity contribution is 6.30. The van der Waals surface area contributed by atoms with Crippen molar-refractivity contribution in [2.75, 3.05) is 6.61 Å². The van der Waals surface area contributed by atoms with E-state index in [9.17, 15) is 14.7 Å². The lowest BCUT2D eigenvalue weighted by Crippen LogP contribution is -2.33. The van der Waals surface area contributed by atoms with Crippen molar-refractivity contribution in [1.29, 1.82) is 0 Å². The number of aliphatic carboxylic acids is 1. The molecule has 2 N–H and O–H groups in total. The molecular formula is C20H20ClNO4. The zero-order chi connectivity index (χ0) is 18.5. The molecule has 1 aliphatic rings. The second kappa shape index (κ2) is 8.23. The second-order valence-corrected chi connectivity index (χ2v) is 6.72. The number of halogens is 1. The predicted octanol–water partition coefficient (Wildman–Crippen LogP) is 3.54. The van der Waals surface area contributed by atoms with E-state index in [1.54, 1.807) is 18.2 Å². The number of carbonyl (C=O) groups is 2. The molecule has 1 atom stereocenters. The van der Waals surface area contributed by atoms with E-state index in [0.29, 0.717) is 23.6 Å². The summed E-state index contributed by atoms with van der Waals surface area (Å²) in [6.45, 7) is 0.605. The van der Waals surface area contributed by atoms with Crippen LogP contribution >= 0.6 is 11.6 Å². The van der Waals surface area contributed by atoms with Crippen LogP contribution in [-0.2, 0) is 22.4 Å². The van der Waals surface area contributed by atoms with Crippen molar-refractivity contribution in [3.05, 3.63) is 64.2 Å². The Labute approximate surface area is 156 Å². The number of nitrogens with one attached hydrogen (secondary N) is 1. The fourth-order valence-electron chi connectivity index (χ4n) is 3.01. The molecule has 3 rings (SSSR count). The van der Waals surface area contributed by atoms with E-state index in [-0.39, 0.29) is 12.3 Å². The third-order valence-electron chi connectivity index (χ3n) is 4.38. The lowest BCUT2D eigenvalue weighted by Gasteiger charge is -2.16. The standard InChI is InChI=1S/C20H20ClNO4/c21-16-7-4-13(5-8-16)2-1-3-18(23)22-19(20(24)25)15-6-9-17-14(12-15)10-11-26-17/h4-9,12,19H,1-3,10-11H2,(H,22,23)(H,24,25). The Hall–Kier alpha value is -2.53. The van der Waals surface area contributed by atoms with Gasteiger partial charge in [0.1, 0.15) is 5.75 Å². The Morgan fingerprint density at radius 2 is 1.96 bits per heavy atom. The molecule has 2 aromatic carbocycles. The van der Waals surface area contributed by atoms with E-state index < -0.39 is 12.0 Å². The zero-order valence-electron chi connectivity index (χ0n) is 14.2. The highest BCUT2D eigenvalue weighted by atomic mass is 35.5. The van der Waals surface area contributed by atoms with Crippen molar-refractivity contribution in [3.8, 4) is 5.75 Å². The number of aryl methyl sites for hydroxylation is 1. The highest BCUT2D eigenvalue weighted by Crippen LogP contribution is 2.28. The normalized spacial score (nSPS) is 13.6. The zero-order valence-corrected chi connectivity index (χ0v) is 15.0. The molecule has 2 aromatic rings. The van der Waals surface area contributed by atoms with Crippen LogP contribution in [0.4, 0.5) is 0 Å². The topological polar surface area (TPSA) is 75.6 Å². The third kappa shape index (κ3) is 4.55. The largest absolute Gasteiger partial charge is 0.493 e. The molecule has 1 amide bonds. The van der Waals surface area contributed by atoms with Crippen LogP contribution in [0, 0.1) is 0 Å². The van der Waals surface area contributed by atoms with Gasteiger partial charge in [0.2, 0.25) is 5.91 Å². The van der Waals surface area contributed by atoms with Gasteiger partial charge in [-0.2, -0.15) is 0 Å². The van der Waals surface area contributed by atoms with Crippen LogP contribution in [0.2, 0.25) is 5.02 Å².